The predicted molar refractivity (Wildman–Crippen MR) is 119 cm³/mol. The van der Waals surface area contributed by atoms with Gasteiger partial charge in [0.15, 0.2) is 0 Å². The van der Waals surface area contributed by atoms with Crippen molar-refractivity contribution < 1.29 is 24.2 Å². The molecule has 2 aliphatic rings. The summed E-state index contributed by atoms with van der Waals surface area (Å²) in [5, 5.41) is 14.4. The van der Waals surface area contributed by atoms with Gasteiger partial charge in [0.1, 0.15) is 12.6 Å². The van der Waals surface area contributed by atoms with Crippen LogP contribution in [0.2, 0.25) is 0 Å². The zero-order valence-corrected chi connectivity index (χ0v) is 18.0. The summed E-state index contributed by atoms with van der Waals surface area (Å²) in [6.07, 6.45) is 0.834. The number of carboxylic acids is 1. The normalized spacial score (nSPS) is 19.4. The van der Waals surface area contributed by atoms with Gasteiger partial charge in [0.25, 0.3) is 0 Å². The Morgan fingerprint density at radius 1 is 1.03 bits per heavy atom. The fourth-order valence-corrected chi connectivity index (χ4v) is 4.58. The van der Waals surface area contributed by atoms with Gasteiger partial charge in [-0.05, 0) is 40.5 Å². The highest BCUT2D eigenvalue weighted by Crippen LogP contribution is 2.44. The Morgan fingerprint density at radius 2 is 1.66 bits per heavy atom. The van der Waals surface area contributed by atoms with Crippen molar-refractivity contribution in [2.24, 2.45) is 11.8 Å². The highest BCUT2D eigenvalue weighted by Gasteiger charge is 2.36. The van der Waals surface area contributed by atoms with E-state index in [0.29, 0.717) is 18.4 Å². The van der Waals surface area contributed by atoms with Gasteiger partial charge >= 0.3 is 12.1 Å². The monoisotopic (exact) mass is 436 g/mol. The second-order valence-electron chi connectivity index (χ2n) is 8.53. The van der Waals surface area contributed by atoms with E-state index in [1.807, 2.05) is 48.5 Å². The summed E-state index contributed by atoms with van der Waals surface area (Å²) < 4.78 is 5.45. The quantitative estimate of drug-likeness (QED) is 0.558. The first-order valence-electron chi connectivity index (χ1n) is 11.1. The summed E-state index contributed by atoms with van der Waals surface area (Å²) in [4.78, 5) is 36.2. The molecule has 2 amide bonds. The lowest BCUT2D eigenvalue weighted by Crippen LogP contribution is -2.48. The molecule has 7 nitrogen and oxygen atoms in total. The molecule has 4 rings (SSSR count). The molecule has 0 spiro atoms. The Bertz CT molecular complexity index is 975. The highest BCUT2D eigenvalue weighted by molar-refractivity contribution is 5.89. The van der Waals surface area contributed by atoms with E-state index in [9.17, 15) is 14.4 Å². The van der Waals surface area contributed by atoms with E-state index in [1.165, 1.54) is 0 Å². The predicted octanol–water partition coefficient (Wildman–Crippen LogP) is 3.53. The number of carbonyl (C=O) groups is 3. The Kier molecular flexibility index (Phi) is 6.44. The third kappa shape index (κ3) is 4.77. The van der Waals surface area contributed by atoms with Crippen molar-refractivity contribution in [1.82, 2.24) is 10.6 Å². The molecule has 0 aromatic heterocycles. The van der Waals surface area contributed by atoms with Crippen LogP contribution in [0.3, 0.4) is 0 Å². The number of hydrogen-bond donors (Lipinski definition) is 3. The Hall–Kier alpha value is -3.35. The molecule has 0 bridgehead atoms. The summed E-state index contributed by atoms with van der Waals surface area (Å²) in [7, 11) is 0. The van der Waals surface area contributed by atoms with Crippen LogP contribution < -0.4 is 10.6 Å². The fourth-order valence-electron chi connectivity index (χ4n) is 4.58. The smallest absolute Gasteiger partial charge is 0.407 e. The number of carbonyl (C=O) groups excluding carboxylic acids is 2. The molecule has 1 fully saturated rings. The number of benzene rings is 2. The first kappa shape index (κ1) is 21.9. The molecule has 32 heavy (non-hydrogen) atoms. The first-order valence-corrected chi connectivity index (χ1v) is 11.1. The van der Waals surface area contributed by atoms with E-state index in [1.54, 1.807) is 0 Å². The molecule has 1 unspecified atom stereocenters. The minimum absolute atomic E-state index is 0.0987. The summed E-state index contributed by atoms with van der Waals surface area (Å²) in [6.45, 7) is 2.71. The van der Waals surface area contributed by atoms with Gasteiger partial charge in [-0.1, -0.05) is 61.9 Å². The molecule has 168 valence electrons. The second kappa shape index (κ2) is 9.42. The molecular weight excluding hydrogens is 408 g/mol. The molecule has 2 aromatic carbocycles. The van der Waals surface area contributed by atoms with Crippen LogP contribution in [0.4, 0.5) is 4.79 Å². The molecule has 0 heterocycles. The van der Waals surface area contributed by atoms with E-state index in [-0.39, 0.29) is 12.5 Å². The average molecular weight is 437 g/mol. The van der Waals surface area contributed by atoms with Gasteiger partial charge in [-0.25, -0.2) is 4.79 Å². The van der Waals surface area contributed by atoms with Crippen LogP contribution in [0.1, 0.15) is 43.2 Å². The van der Waals surface area contributed by atoms with Crippen molar-refractivity contribution in [3.05, 3.63) is 59.7 Å². The summed E-state index contributed by atoms with van der Waals surface area (Å²) in [5.41, 5.74) is 4.39. The number of alkyl carbamates (subject to hydrolysis) is 1. The third-order valence-corrected chi connectivity index (χ3v) is 6.46. The molecule has 2 aromatic rings. The maximum absolute atomic E-state index is 12.5. The summed E-state index contributed by atoms with van der Waals surface area (Å²) >= 11 is 0. The third-order valence-electron chi connectivity index (χ3n) is 6.46. The van der Waals surface area contributed by atoms with Gasteiger partial charge in [0.05, 0.1) is 6.42 Å². The average Bonchev–Trinajstić information content (AvgIpc) is 3.49. The van der Waals surface area contributed by atoms with Crippen LogP contribution in [0, 0.1) is 11.8 Å². The number of fused-ring (bicyclic) bond motifs is 3. The molecule has 1 saturated carbocycles. The number of ether oxygens (including phenoxy) is 1. The lowest BCUT2D eigenvalue weighted by atomic mass is 9.98. The van der Waals surface area contributed by atoms with Gasteiger partial charge in [-0.3, -0.25) is 9.59 Å². The molecular formula is C25H28N2O5. The molecule has 3 N–H and O–H groups in total. The van der Waals surface area contributed by atoms with Gasteiger partial charge in [-0.15, -0.1) is 0 Å². The van der Waals surface area contributed by atoms with E-state index >= 15 is 0 Å². The van der Waals surface area contributed by atoms with E-state index in [2.05, 4.69) is 17.6 Å². The van der Waals surface area contributed by atoms with Crippen LogP contribution in [-0.4, -0.2) is 42.3 Å². The summed E-state index contributed by atoms with van der Waals surface area (Å²) in [5.74, 6) is -0.724. The van der Waals surface area contributed by atoms with Crippen molar-refractivity contribution in [2.75, 3.05) is 13.2 Å². The van der Waals surface area contributed by atoms with Crippen LogP contribution >= 0.6 is 0 Å². The molecule has 3 atom stereocenters. The number of rotatable bonds is 9. The maximum Gasteiger partial charge on any atom is 0.407 e. The van der Waals surface area contributed by atoms with E-state index in [0.717, 1.165) is 35.1 Å². The maximum atomic E-state index is 12.5. The minimum atomic E-state index is -1.18. The lowest BCUT2D eigenvalue weighted by molar-refractivity contribution is -0.139. The molecule has 2 aliphatic carbocycles. The highest BCUT2D eigenvalue weighted by atomic mass is 16.5. The van der Waals surface area contributed by atoms with Crippen molar-refractivity contribution in [2.45, 2.75) is 38.1 Å². The van der Waals surface area contributed by atoms with Gasteiger partial charge in [-0.2, -0.15) is 0 Å². The number of nitrogens with one attached hydrogen (secondary N) is 2. The van der Waals surface area contributed by atoms with Gasteiger partial charge in [0, 0.05) is 12.5 Å². The van der Waals surface area contributed by atoms with Crippen LogP contribution in [-0.2, 0) is 14.3 Å². The number of amides is 2. The Balaban J connectivity index is 1.36. The van der Waals surface area contributed by atoms with Crippen LogP contribution in [0.25, 0.3) is 11.1 Å². The van der Waals surface area contributed by atoms with Crippen molar-refractivity contribution in [3.8, 4) is 11.1 Å². The summed E-state index contributed by atoms with van der Waals surface area (Å²) in [6, 6.07) is 14.8. The van der Waals surface area contributed by atoms with Crippen molar-refractivity contribution in [3.63, 3.8) is 0 Å². The first-order chi connectivity index (χ1) is 15.5. The topological polar surface area (TPSA) is 105 Å². The lowest BCUT2D eigenvalue weighted by Gasteiger charge is -2.18. The van der Waals surface area contributed by atoms with Crippen molar-refractivity contribution in [1.29, 1.82) is 0 Å². The number of hydrogen-bond acceptors (Lipinski definition) is 4. The largest absolute Gasteiger partial charge is 0.481 e. The van der Waals surface area contributed by atoms with Crippen LogP contribution in [0.15, 0.2) is 48.5 Å². The fraction of sp³-hybridized carbons (Fsp3) is 0.400. The Labute approximate surface area is 187 Å². The molecule has 0 saturated heterocycles. The number of aliphatic carboxylic acids is 1. The Morgan fingerprint density at radius 3 is 2.22 bits per heavy atom. The molecule has 0 radical (unpaired) electrons. The van der Waals surface area contributed by atoms with E-state index in [4.69, 9.17) is 9.84 Å². The van der Waals surface area contributed by atoms with Crippen LogP contribution in [0.5, 0.6) is 0 Å². The standard InChI is InChI=1S/C25H28N2O5/c1-2-15-11-16(15)13-26-24(30)22(12-23(28)29)27-25(31)32-14-21-19-9-5-3-7-17(19)18-8-4-6-10-20(18)21/h3-10,15-16,21-22H,2,11-14H2,1H3,(H,26,30)(H,27,31)(H,28,29)/t15-,16+,22?/m1/s1. The molecule has 7 heteroatoms. The zero-order chi connectivity index (χ0) is 22.7. The van der Waals surface area contributed by atoms with Gasteiger partial charge < -0.3 is 20.5 Å². The second-order valence-corrected chi connectivity index (χ2v) is 8.53. The zero-order valence-electron chi connectivity index (χ0n) is 18.0. The SMILES string of the molecule is CC[C@@H]1C[C@H]1CNC(=O)C(CC(=O)O)NC(=O)OCC1c2ccccc2-c2ccccc21. The van der Waals surface area contributed by atoms with E-state index < -0.39 is 30.4 Å². The number of carboxylic acid groups (broad SMARTS) is 1. The minimum Gasteiger partial charge on any atom is -0.481 e. The molecule has 0 aliphatic heterocycles. The van der Waals surface area contributed by atoms with Gasteiger partial charge in [0.2, 0.25) is 5.91 Å². The van der Waals surface area contributed by atoms with Crippen molar-refractivity contribution >= 4 is 18.0 Å².